The third kappa shape index (κ3) is 4.26. The van der Waals surface area contributed by atoms with Gasteiger partial charge in [0.05, 0.1) is 0 Å². The molecule has 1 heteroatoms. The molecular formula is C13H24O. The van der Waals surface area contributed by atoms with E-state index in [1.54, 1.807) is 0 Å². The van der Waals surface area contributed by atoms with Crippen LogP contribution >= 0.6 is 0 Å². The van der Waals surface area contributed by atoms with E-state index in [2.05, 4.69) is 13.8 Å². The summed E-state index contributed by atoms with van der Waals surface area (Å²) in [6.45, 7) is 4.57. The second-order valence-electron chi connectivity index (χ2n) is 5.19. The van der Waals surface area contributed by atoms with Gasteiger partial charge in [-0.15, -0.1) is 0 Å². The molecule has 0 spiro atoms. The van der Waals surface area contributed by atoms with Crippen LogP contribution in [0.4, 0.5) is 0 Å². The Morgan fingerprint density at radius 3 is 1.64 bits per heavy atom. The molecule has 0 bridgehead atoms. The van der Waals surface area contributed by atoms with Crippen LogP contribution in [-0.2, 0) is 4.79 Å². The second kappa shape index (κ2) is 6.21. The molecule has 0 heterocycles. The summed E-state index contributed by atoms with van der Waals surface area (Å²) in [4.78, 5) is 10.3. The fourth-order valence-electron chi connectivity index (χ4n) is 2.03. The number of hydrogen-bond donors (Lipinski definition) is 0. The average molecular weight is 196 g/mol. The van der Waals surface area contributed by atoms with Crippen molar-refractivity contribution in [3.05, 3.63) is 0 Å². The number of carbonyl (C=O) groups is 1. The number of aldehydes is 1. The van der Waals surface area contributed by atoms with Crippen LogP contribution in [0.25, 0.3) is 0 Å². The van der Waals surface area contributed by atoms with Gasteiger partial charge in [0.1, 0.15) is 6.29 Å². The van der Waals surface area contributed by atoms with Crippen LogP contribution in [0.5, 0.6) is 0 Å². The fraction of sp³-hybridized carbons (Fsp3) is 0.923. The second-order valence-corrected chi connectivity index (χ2v) is 5.19. The SMILES string of the molecule is CC1CCC(C=O)CC1.CC1CCC1. The van der Waals surface area contributed by atoms with Crippen molar-refractivity contribution >= 4 is 6.29 Å². The molecule has 0 amide bonds. The van der Waals surface area contributed by atoms with Crippen molar-refractivity contribution in [1.29, 1.82) is 0 Å². The highest BCUT2D eigenvalue weighted by Crippen LogP contribution is 2.26. The topological polar surface area (TPSA) is 17.1 Å². The van der Waals surface area contributed by atoms with Crippen LogP contribution in [0.2, 0.25) is 0 Å². The van der Waals surface area contributed by atoms with E-state index in [9.17, 15) is 4.79 Å². The summed E-state index contributed by atoms with van der Waals surface area (Å²) in [6, 6.07) is 0. The minimum Gasteiger partial charge on any atom is -0.303 e. The lowest BCUT2D eigenvalue weighted by atomic mass is 9.84. The van der Waals surface area contributed by atoms with Crippen molar-refractivity contribution in [1.82, 2.24) is 0 Å². The summed E-state index contributed by atoms with van der Waals surface area (Å²) in [5.41, 5.74) is 0. The van der Waals surface area contributed by atoms with E-state index in [4.69, 9.17) is 0 Å². The molecule has 14 heavy (non-hydrogen) atoms. The molecule has 0 saturated heterocycles. The minimum absolute atomic E-state index is 0.390. The van der Waals surface area contributed by atoms with Gasteiger partial charge < -0.3 is 4.79 Å². The maximum Gasteiger partial charge on any atom is 0.123 e. The summed E-state index contributed by atoms with van der Waals surface area (Å²) in [6.07, 6.45) is 10.3. The first-order chi connectivity index (χ1) is 6.72. The highest BCUT2D eigenvalue weighted by Gasteiger charge is 2.16. The van der Waals surface area contributed by atoms with Crippen LogP contribution in [0, 0.1) is 17.8 Å². The van der Waals surface area contributed by atoms with Gasteiger partial charge in [0, 0.05) is 5.92 Å². The van der Waals surface area contributed by atoms with Gasteiger partial charge in [-0.25, -0.2) is 0 Å². The largest absolute Gasteiger partial charge is 0.303 e. The molecular weight excluding hydrogens is 172 g/mol. The van der Waals surface area contributed by atoms with Gasteiger partial charge in [0.15, 0.2) is 0 Å². The quantitative estimate of drug-likeness (QED) is 0.583. The Balaban J connectivity index is 0.000000165. The lowest BCUT2D eigenvalue weighted by Gasteiger charge is -2.21. The normalized spacial score (nSPS) is 32.4. The molecule has 0 unspecified atom stereocenters. The lowest BCUT2D eigenvalue weighted by Crippen LogP contribution is -2.12. The number of hydrogen-bond acceptors (Lipinski definition) is 1. The molecule has 0 aromatic rings. The van der Waals surface area contributed by atoms with E-state index in [-0.39, 0.29) is 0 Å². The Bertz CT molecular complexity index is 153. The maximum atomic E-state index is 10.3. The van der Waals surface area contributed by atoms with Crippen LogP contribution < -0.4 is 0 Å². The Labute approximate surface area is 88.3 Å². The predicted molar refractivity (Wildman–Crippen MR) is 60.2 cm³/mol. The third-order valence-electron chi connectivity index (χ3n) is 3.65. The van der Waals surface area contributed by atoms with Crippen LogP contribution in [-0.4, -0.2) is 6.29 Å². The van der Waals surface area contributed by atoms with Crippen LogP contribution in [0.3, 0.4) is 0 Å². The van der Waals surface area contributed by atoms with Crippen molar-refractivity contribution in [3.8, 4) is 0 Å². The van der Waals surface area contributed by atoms with E-state index in [1.807, 2.05) is 0 Å². The number of carbonyl (C=O) groups excluding carboxylic acids is 1. The zero-order chi connectivity index (χ0) is 10.4. The van der Waals surface area contributed by atoms with Gasteiger partial charge in [0.25, 0.3) is 0 Å². The Morgan fingerprint density at radius 1 is 0.857 bits per heavy atom. The molecule has 2 fully saturated rings. The Hall–Kier alpha value is -0.330. The van der Waals surface area contributed by atoms with Gasteiger partial charge >= 0.3 is 0 Å². The first kappa shape index (κ1) is 11.7. The molecule has 0 aromatic carbocycles. The van der Waals surface area contributed by atoms with Gasteiger partial charge in [0.2, 0.25) is 0 Å². The molecule has 0 radical (unpaired) electrons. The van der Waals surface area contributed by atoms with Gasteiger partial charge in [-0.1, -0.05) is 46.0 Å². The van der Waals surface area contributed by atoms with Gasteiger partial charge in [-0.2, -0.15) is 0 Å². The minimum atomic E-state index is 0.390. The van der Waals surface area contributed by atoms with Crippen LogP contribution in [0.1, 0.15) is 58.8 Å². The molecule has 0 N–H and O–H groups in total. The van der Waals surface area contributed by atoms with E-state index < -0.39 is 0 Å². The maximum absolute atomic E-state index is 10.3. The molecule has 1 nitrogen and oxygen atoms in total. The molecule has 2 aliphatic rings. The number of rotatable bonds is 1. The van der Waals surface area contributed by atoms with Crippen molar-refractivity contribution in [3.63, 3.8) is 0 Å². The summed E-state index contributed by atoms with van der Waals surface area (Å²) in [5.74, 6) is 2.32. The molecule has 2 aliphatic carbocycles. The molecule has 0 aliphatic heterocycles. The summed E-state index contributed by atoms with van der Waals surface area (Å²) in [5, 5.41) is 0. The molecule has 2 saturated carbocycles. The lowest BCUT2D eigenvalue weighted by molar-refractivity contribution is -0.112. The van der Waals surface area contributed by atoms with E-state index in [0.29, 0.717) is 5.92 Å². The average Bonchev–Trinajstić information content (AvgIpc) is 2.17. The highest BCUT2D eigenvalue weighted by atomic mass is 16.1. The zero-order valence-electron chi connectivity index (χ0n) is 9.67. The molecule has 0 aromatic heterocycles. The molecule has 2 rings (SSSR count). The summed E-state index contributed by atoms with van der Waals surface area (Å²) >= 11 is 0. The van der Waals surface area contributed by atoms with Gasteiger partial charge in [-0.05, 0) is 24.7 Å². The standard InChI is InChI=1S/C8H14O.C5H10/c1-7-2-4-8(6-9)5-3-7;1-5-3-2-4-5/h6-8H,2-5H2,1H3;5H,2-4H2,1H3. The van der Waals surface area contributed by atoms with Gasteiger partial charge in [-0.3, -0.25) is 0 Å². The summed E-state index contributed by atoms with van der Waals surface area (Å²) in [7, 11) is 0. The fourth-order valence-corrected chi connectivity index (χ4v) is 2.03. The Morgan fingerprint density at radius 2 is 1.36 bits per heavy atom. The Kier molecular flexibility index (Phi) is 5.21. The molecule has 0 atom stereocenters. The third-order valence-corrected chi connectivity index (χ3v) is 3.65. The van der Waals surface area contributed by atoms with Crippen molar-refractivity contribution in [2.45, 2.75) is 58.8 Å². The zero-order valence-corrected chi connectivity index (χ0v) is 9.67. The monoisotopic (exact) mass is 196 g/mol. The van der Waals surface area contributed by atoms with Crippen molar-refractivity contribution in [2.75, 3.05) is 0 Å². The first-order valence-corrected chi connectivity index (χ1v) is 6.17. The van der Waals surface area contributed by atoms with Crippen molar-refractivity contribution < 1.29 is 4.79 Å². The van der Waals surface area contributed by atoms with Crippen molar-refractivity contribution in [2.24, 2.45) is 17.8 Å². The smallest absolute Gasteiger partial charge is 0.123 e. The summed E-state index contributed by atoms with van der Waals surface area (Å²) < 4.78 is 0. The highest BCUT2D eigenvalue weighted by molar-refractivity contribution is 5.53. The van der Waals surface area contributed by atoms with E-state index >= 15 is 0 Å². The predicted octanol–water partition coefficient (Wildman–Crippen LogP) is 3.82. The first-order valence-electron chi connectivity index (χ1n) is 6.17. The molecule has 82 valence electrons. The van der Waals surface area contributed by atoms with E-state index in [0.717, 1.165) is 31.0 Å². The van der Waals surface area contributed by atoms with E-state index in [1.165, 1.54) is 32.1 Å². The van der Waals surface area contributed by atoms with Crippen LogP contribution in [0.15, 0.2) is 0 Å².